The second-order valence-corrected chi connectivity index (χ2v) is 2.90. The normalized spacial score (nSPS) is 10.0. The Labute approximate surface area is 77.9 Å². The molecule has 0 aliphatic heterocycles. The number of nitrogens with zero attached hydrogens (tertiary/aromatic N) is 1. The van der Waals surface area contributed by atoms with Crippen molar-refractivity contribution in [1.29, 1.82) is 0 Å². The molecule has 0 amide bonds. The van der Waals surface area contributed by atoms with Crippen molar-refractivity contribution in [3.63, 3.8) is 0 Å². The molecule has 0 spiro atoms. The lowest BCUT2D eigenvalue weighted by Crippen LogP contribution is -2.04. The van der Waals surface area contributed by atoms with Crippen LogP contribution >= 0.6 is 0 Å². The smallest absolute Gasteiger partial charge is 0.111 e. The molecule has 13 heavy (non-hydrogen) atoms. The Morgan fingerprint density at radius 2 is 2.23 bits per heavy atom. The highest BCUT2D eigenvalue weighted by Gasteiger charge is 2.05. The van der Waals surface area contributed by atoms with Gasteiger partial charge >= 0.3 is 0 Å². The van der Waals surface area contributed by atoms with Gasteiger partial charge in [0.1, 0.15) is 5.69 Å². The number of rotatable bonds is 4. The maximum Gasteiger partial charge on any atom is 0.111 e. The second kappa shape index (κ2) is 4.72. The van der Waals surface area contributed by atoms with Crippen molar-refractivity contribution in [3.8, 4) is 0 Å². The molecule has 1 rings (SSSR count). The van der Waals surface area contributed by atoms with Crippen LogP contribution in [0.4, 0.5) is 5.69 Å². The summed E-state index contributed by atoms with van der Waals surface area (Å²) in [5.41, 5.74) is 8.19. The largest absolute Gasteiger partial charge is 0.330 e. The minimum Gasteiger partial charge on any atom is -0.330 e. The van der Waals surface area contributed by atoms with Crippen LogP contribution in [0.5, 0.6) is 0 Å². The standard InChI is InChI=1S/C10H14N2O/c1-2-9-8(6-7-11)4-3-5-10(9)12-13/h3-5H,2,6-7,11H2,1H3. The van der Waals surface area contributed by atoms with E-state index in [1.54, 1.807) is 6.07 Å². The van der Waals surface area contributed by atoms with Crippen LogP contribution in [0.1, 0.15) is 18.1 Å². The van der Waals surface area contributed by atoms with E-state index >= 15 is 0 Å². The van der Waals surface area contributed by atoms with E-state index in [1.165, 1.54) is 0 Å². The van der Waals surface area contributed by atoms with Gasteiger partial charge in [0.15, 0.2) is 0 Å². The van der Waals surface area contributed by atoms with E-state index in [9.17, 15) is 4.91 Å². The van der Waals surface area contributed by atoms with E-state index in [4.69, 9.17) is 5.73 Å². The van der Waals surface area contributed by atoms with E-state index < -0.39 is 0 Å². The lowest BCUT2D eigenvalue weighted by Gasteiger charge is -2.07. The Kier molecular flexibility index (Phi) is 3.58. The van der Waals surface area contributed by atoms with Crippen molar-refractivity contribution in [3.05, 3.63) is 34.2 Å². The van der Waals surface area contributed by atoms with Crippen molar-refractivity contribution < 1.29 is 0 Å². The van der Waals surface area contributed by atoms with Gasteiger partial charge in [-0.1, -0.05) is 19.1 Å². The Hall–Kier alpha value is -1.22. The molecule has 70 valence electrons. The Balaban J connectivity index is 3.10. The molecule has 0 unspecified atom stereocenters. The fourth-order valence-corrected chi connectivity index (χ4v) is 1.50. The summed E-state index contributed by atoms with van der Waals surface area (Å²) in [4.78, 5) is 10.5. The molecular formula is C10H14N2O. The van der Waals surface area contributed by atoms with Crippen molar-refractivity contribution in [2.45, 2.75) is 19.8 Å². The van der Waals surface area contributed by atoms with Crippen molar-refractivity contribution >= 4 is 5.69 Å². The fraction of sp³-hybridized carbons (Fsp3) is 0.400. The highest BCUT2D eigenvalue weighted by molar-refractivity contribution is 5.50. The van der Waals surface area contributed by atoms with E-state index in [2.05, 4.69) is 5.18 Å². The van der Waals surface area contributed by atoms with Gasteiger partial charge in [0.2, 0.25) is 0 Å². The van der Waals surface area contributed by atoms with Crippen LogP contribution < -0.4 is 5.73 Å². The van der Waals surface area contributed by atoms with Gasteiger partial charge < -0.3 is 5.73 Å². The molecule has 0 saturated heterocycles. The van der Waals surface area contributed by atoms with Gasteiger partial charge in [-0.05, 0) is 41.8 Å². The van der Waals surface area contributed by atoms with Gasteiger partial charge in [-0.2, -0.15) is 0 Å². The first-order valence-corrected chi connectivity index (χ1v) is 4.47. The van der Waals surface area contributed by atoms with Gasteiger partial charge in [0, 0.05) is 0 Å². The first-order valence-electron chi connectivity index (χ1n) is 4.47. The lowest BCUT2D eigenvalue weighted by molar-refractivity contribution is 0.939. The van der Waals surface area contributed by atoms with Crippen molar-refractivity contribution in [2.24, 2.45) is 10.9 Å². The molecule has 0 atom stereocenters. The number of hydrogen-bond acceptors (Lipinski definition) is 3. The van der Waals surface area contributed by atoms with Crippen molar-refractivity contribution in [1.82, 2.24) is 0 Å². The highest BCUT2D eigenvalue weighted by atomic mass is 16.3. The lowest BCUT2D eigenvalue weighted by atomic mass is 10.0. The summed E-state index contributed by atoms with van der Waals surface area (Å²) in [6, 6.07) is 5.59. The summed E-state index contributed by atoms with van der Waals surface area (Å²) in [7, 11) is 0. The first-order chi connectivity index (χ1) is 6.33. The SMILES string of the molecule is CCc1c(CCN)cccc1N=O. The van der Waals surface area contributed by atoms with Crippen LogP contribution in [0, 0.1) is 4.91 Å². The summed E-state index contributed by atoms with van der Waals surface area (Å²) in [5, 5.41) is 2.99. The van der Waals surface area contributed by atoms with E-state index in [0.717, 1.165) is 24.0 Å². The Bertz CT molecular complexity index is 297. The van der Waals surface area contributed by atoms with E-state index in [0.29, 0.717) is 12.2 Å². The maximum absolute atomic E-state index is 10.5. The molecule has 0 aromatic heterocycles. The van der Waals surface area contributed by atoms with Gasteiger partial charge in [-0.3, -0.25) is 0 Å². The topological polar surface area (TPSA) is 55.4 Å². The zero-order valence-electron chi connectivity index (χ0n) is 7.79. The summed E-state index contributed by atoms with van der Waals surface area (Å²) in [5.74, 6) is 0. The highest BCUT2D eigenvalue weighted by Crippen LogP contribution is 2.23. The van der Waals surface area contributed by atoms with Crippen LogP contribution in [0.3, 0.4) is 0 Å². The van der Waals surface area contributed by atoms with Crippen LogP contribution in [-0.2, 0) is 12.8 Å². The molecule has 0 radical (unpaired) electrons. The first kappa shape index (κ1) is 9.86. The molecule has 2 N–H and O–H groups in total. The van der Waals surface area contributed by atoms with Gasteiger partial charge in [-0.25, -0.2) is 0 Å². The summed E-state index contributed by atoms with van der Waals surface area (Å²) in [6.07, 6.45) is 1.64. The third-order valence-corrected chi connectivity index (χ3v) is 2.11. The van der Waals surface area contributed by atoms with Gasteiger partial charge in [0.05, 0.1) is 0 Å². The molecule has 0 fully saturated rings. The molecule has 0 bridgehead atoms. The Morgan fingerprint density at radius 1 is 1.46 bits per heavy atom. The third-order valence-electron chi connectivity index (χ3n) is 2.11. The Morgan fingerprint density at radius 3 is 2.77 bits per heavy atom. The summed E-state index contributed by atoms with van der Waals surface area (Å²) < 4.78 is 0. The summed E-state index contributed by atoms with van der Waals surface area (Å²) in [6.45, 7) is 2.62. The zero-order chi connectivity index (χ0) is 9.68. The van der Waals surface area contributed by atoms with Crippen LogP contribution in [0.15, 0.2) is 23.4 Å². The molecule has 3 nitrogen and oxygen atoms in total. The zero-order valence-corrected chi connectivity index (χ0v) is 7.79. The molecule has 1 aromatic carbocycles. The monoisotopic (exact) mass is 178 g/mol. The molecule has 0 heterocycles. The molecule has 0 aliphatic rings. The van der Waals surface area contributed by atoms with Gasteiger partial charge in [-0.15, -0.1) is 4.91 Å². The number of nitroso groups, excluding NO2 is 1. The number of benzene rings is 1. The average molecular weight is 178 g/mol. The molecule has 0 saturated carbocycles. The molecule has 3 heteroatoms. The predicted octanol–water partition coefficient (Wildman–Crippen LogP) is 2.15. The summed E-state index contributed by atoms with van der Waals surface area (Å²) >= 11 is 0. The molecule has 1 aromatic rings. The number of nitrogens with two attached hydrogens (primary N) is 1. The second-order valence-electron chi connectivity index (χ2n) is 2.90. The average Bonchev–Trinajstić information content (AvgIpc) is 2.18. The van der Waals surface area contributed by atoms with Crippen LogP contribution in [0.2, 0.25) is 0 Å². The number of hydrogen-bond donors (Lipinski definition) is 1. The van der Waals surface area contributed by atoms with Crippen LogP contribution in [-0.4, -0.2) is 6.54 Å². The van der Waals surface area contributed by atoms with E-state index in [1.807, 2.05) is 19.1 Å². The quantitative estimate of drug-likeness (QED) is 0.718. The van der Waals surface area contributed by atoms with E-state index in [-0.39, 0.29) is 0 Å². The van der Waals surface area contributed by atoms with Gasteiger partial charge in [0.25, 0.3) is 0 Å². The molecular weight excluding hydrogens is 164 g/mol. The van der Waals surface area contributed by atoms with Crippen LogP contribution in [0.25, 0.3) is 0 Å². The maximum atomic E-state index is 10.5. The minimum atomic E-state index is 0.549. The third kappa shape index (κ3) is 2.12. The fourth-order valence-electron chi connectivity index (χ4n) is 1.50. The predicted molar refractivity (Wildman–Crippen MR) is 54.0 cm³/mol. The molecule has 0 aliphatic carbocycles. The minimum absolute atomic E-state index is 0.549. The van der Waals surface area contributed by atoms with Crippen molar-refractivity contribution in [2.75, 3.05) is 6.54 Å².